The predicted molar refractivity (Wildman–Crippen MR) is 66.3 cm³/mol. The minimum atomic E-state index is -4.57. The van der Waals surface area contributed by atoms with Crippen LogP contribution < -0.4 is 5.32 Å². The van der Waals surface area contributed by atoms with Crippen LogP contribution in [0.5, 0.6) is 0 Å². The number of carbonyl (C=O) groups is 1. The molecule has 1 unspecified atom stereocenters. The summed E-state index contributed by atoms with van der Waals surface area (Å²) in [7, 11) is 0.963. The molecule has 0 radical (unpaired) electrons. The summed E-state index contributed by atoms with van der Waals surface area (Å²) < 4.78 is 43.0. The predicted octanol–water partition coefficient (Wildman–Crippen LogP) is 3.42. The Bertz CT molecular complexity index is 463. The molecule has 1 aromatic carbocycles. The van der Waals surface area contributed by atoms with Crippen LogP contribution in [0.2, 0.25) is 0 Å². The summed E-state index contributed by atoms with van der Waals surface area (Å²) in [6.07, 6.45) is -6.66. The first-order valence-corrected chi connectivity index (χ1v) is 5.89. The van der Waals surface area contributed by atoms with Crippen LogP contribution in [0.1, 0.15) is 17.2 Å². The van der Waals surface area contributed by atoms with Crippen molar-refractivity contribution in [1.29, 1.82) is 0 Å². The number of nitrogens with one attached hydrogen (secondary N) is 1. The molecule has 0 aromatic heterocycles. The molecule has 7 heteroatoms. The molecule has 3 nitrogen and oxygen atoms in total. The molecule has 1 amide bonds. The Balaban J connectivity index is 3.22. The molecule has 106 valence electrons. The van der Waals surface area contributed by atoms with E-state index in [1.165, 1.54) is 18.2 Å². The quantitative estimate of drug-likeness (QED) is 0.864. The maximum Gasteiger partial charge on any atom is 0.418 e. The molecule has 1 rings (SSSR count). The lowest BCUT2D eigenvalue weighted by atomic mass is 10.0. The van der Waals surface area contributed by atoms with Gasteiger partial charge in [-0.3, -0.25) is 4.79 Å². The van der Waals surface area contributed by atoms with Crippen molar-refractivity contribution in [3.05, 3.63) is 29.3 Å². The minimum Gasteiger partial charge on any atom is -0.367 e. The summed E-state index contributed by atoms with van der Waals surface area (Å²) in [5.41, 5.74) is 0.611. The van der Waals surface area contributed by atoms with Crippen LogP contribution >= 0.6 is 11.6 Å². The number of anilines is 1. The normalized spacial score (nSPS) is 13.2. The number of rotatable bonds is 4. The Morgan fingerprint density at radius 3 is 2.58 bits per heavy atom. The fraction of sp³-hybridized carbons (Fsp3) is 0.417. The number of ether oxygens (including phenoxy) is 1. The van der Waals surface area contributed by atoms with E-state index in [4.69, 9.17) is 11.6 Å². The van der Waals surface area contributed by atoms with Crippen molar-refractivity contribution in [2.75, 3.05) is 18.3 Å². The van der Waals surface area contributed by atoms with Gasteiger partial charge < -0.3 is 10.1 Å². The van der Waals surface area contributed by atoms with Crippen LogP contribution in [0.25, 0.3) is 0 Å². The minimum absolute atomic E-state index is 0.0508. The number of amides is 1. The van der Waals surface area contributed by atoms with Gasteiger partial charge in [0, 0.05) is 18.4 Å². The molecule has 0 bridgehead atoms. The first-order valence-electron chi connectivity index (χ1n) is 5.35. The number of hydrogen-bond acceptors (Lipinski definition) is 2. The molecule has 0 saturated carbocycles. The number of carbonyl (C=O) groups excluding carboxylic acids is 1. The maximum atomic E-state index is 12.8. The van der Waals surface area contributed by atoms with Gasteiger partial charge in [0.2, 0.25) is 5.91 Å². The largest absolute Gasteiger partial charge is 0.418 e. The van der Waals surface area contributed by atoms with Crippen LogP contribution in [-0.4, -0.2) is 25.1 Å². The van der Waals surface area contributed by atoms with E-state index in [0.29, 0.717) is 5.56 Å². The molecule has 1 aromatic rings. The van der Waals surface area contributed by atoms with Gasteiger partial charge in [0.15, 0.2) is 6.10 Å². The van der Waals surface area contributed by atoms with Crippen molar-refractivity contribution < 1.29 is 22.7 Å². The molecular formula is C12H13ClF3NO2. The van der Waals surface area contributed by atoms with E-state index in [-0.39, 0.29) is 17.1 Å². The molecule has 0 heterocycles. The molecule has 0 aliphatic heterocycles. The van der Waals surface area contributed by atoms with Gasteiger partial charge in [0.25, 0.3) is 0 Å². The van der Waals surface area contributed by atoms with E-state index in [9.17, 15) is 18.0 Å². The zero-order valence-electron chi connectivity index (χ0n) is 10.3. The molecule has 1 N–H and O–H groups in total. The van der Waals surface area contributed by atoms with Crippen molar-refractivity contribution in [3.63, 3.8) is 0 Å². The lowest BCUT2D eigenvalue weighted by molar-refractivity contribution is -0.215. The average Bonchev–Trinajstić information content (AvgIpc) is 2.31. The Morgan fingerprint density at radius 2 is 2.11 bits per heavy atom. The number of benzene rings is 1. The summed E-state index contributed by atoms with van der Waals surface area (Å²) >= 11 is 5.33. The number of hydrogen-bond donors (Lipinski definition) is 1. The Labute approximate surface area is 113 Å². The first kappa shape index (κ1) is 15.8. The van der Waals surface area contributed by atoms with Gasteiger partial charge in [-0.1, -0.05) is 12.1 Å². The molecule has 0 fully saturated rings. The number of halogens is 4. The van der Waals surface area contributed by atoms with Crippen molar-refractivity contribution in [3.8, 4) is 0 Å². The van der Waals surface area contributed by atoms with Gasteiger partial charge in [-0.2, -0.15) is 13.2 Å². The Kier molecular flexibility index (Phi) is 5.20. The molecule has 1 atom stereocenters. The first-order chi connectivity index (χ1) is 8.79. The van der Waals surface area contributed by atoms with E-state index in [2.05, 4.69) is 10.1 Å². The SMILES string of the molecule is COC(c1ccc(C)cc1NC(=O)CCl)C(F)(F)F. The average molecular weight is 296 g/mol. The lowest BCUT2D eigenvalue weighted by Crippen LogP contribution is -2.24. The standard InChI is InChI=1S/C12H13ClF3NO2/c1-7-3-4-8(11(19-2)12(14,15)16)9(5-7)17-10(18)6-13/h3-5,11H,6H2,1-2H3,(H,17,18). The highest BCUT2D eigenvalue weighted by Crippen LogP contribution is 2.38. The molecule has 0 saturated heterocycles. The van der Waals surface area contributed by atoms with E-state index in [1.54, 1.807) is 6.92 Å². The molecule has 0 spiro atoms. The van der Waals surface area contributed by atoms with Crippen molar-refractivity contribution >= 4 is 23.2 Å². The van der Waals surface area contributed by atoms with E-state index in [0.717, 1.165) is 7.11 Å². The van der Waals surface area contributed by atoms with Crippen LogP contribution in [0, 0.1) is 6.92 Å². The van der Waals surface area contributed by atoms with Crippen molar-refractivity contribution in [2.24, 2.45) is 0 Å². The summed E-state index contributed by atoms with van der Waals surface area (Å²) in [5, 5.41) is 2.34. The topological polar surface area (TPSA) is 38.3 Å². The third-order valence-electron chi connectivity index (χ3n) is 2.42. The monoisotopic (exact) mass is 295 g/mol. The maximum absolute atomic E-state index is 12.8. The van der Waals surface area contributed by atoms with Gasteiger partial charge >= 0.3 is 6.18 Å². The Morgan fingerprint density at radius 1 is 1.47 bits per heavy atom. The summed E-state index contributed by atoms with van der Waals surface area (Å²) in [5.74, 6) is -0.914. The second-order valence-electron chi connectivity index (χ2n) is 3.93. The highest BCUT2D eigenvalue weighted by atomic mass is 35.5. The Hall–Kier alpha value is -1.27. The van der Waals surface area contributed by atoms with Crippen molar-refractivity contribution in [1.82, 2.24) is 0 Å². The van der Waals surface area contributed by atoms with E-state index >= 15 is 0 Å². The number of alkyl halides is 4. The lowest BCUT2D eigenvalue weighted by Gasteiger charge is -2.22. The highest BCUT2D eigenvalue weighted by Gasteiger charge is 2.42. The summed E-state index contributed by atoms with van der Waals surface area (Å²) in [6.45, 7) is 1.70. The molecule has 19 heavy (non-hydrogen) atoms. The van der Waals surface area contributed by atoms with Gasteiger partial charge in [-0.25, -0.2) is 0 Å². The van der Waals surface area contributed by atoms with Crippen LogP contribution in [0.3, 0.4) is 0 Å². The third-order valence-corrected chi connectivity index (χ3v) is 2.66. The second kappa shape index (κ2) is 6.25. The van der Waals surface area contributed by atoms with Crippen LogP contribution in [0.4, 0.5) is 18.9 Å². The van der Waals surface area contributed by atoms with Gasteiger partial charge in [-0.15, -0.1) is 11.6 Å². The van der Waals surface area contributed by atoms with Crippen molar-refractivity contribution in [2.45, 2.75) is 19.2 Å². The van der Waals surface area contributed by atoms with E-state index < -0.39 is 18.2 Å². The second-order valence-corrected chi connectivity index (χ2v) is 4.20. The van der Waals surface area contributed by atoms with Gasteiger partial charge in [-0.05, 0) is 18.6 Å². The fourth-order valence-electron chi connectivity index (χ4n) is 1.63. The number of methoxy groups -OCH3 is 1. The van der Waals surface area contributed by atoms with Crippen LogP contribution in [0.15, 0.2) is 18.2 Å². The summed E-state index contributed by atoms with van der Waals surface area (Å²) in [6, 6.07) is 4.24. The summed E-state index contributed by atoms with van der Waals surface area (Å²) in [4.78, 5) is 11.2. The molecular weight excluding hydrogens is 283 g/mol. The van der Waals surface area contributed by atoms with Gasteiger partial charge in [0.05, 0.1) is 0 Å². The fourth-order valence-corrected chi connectivity index (χ4v) is 1.69. The third kappa shape index (κ3) is 4.11. The van der Waals surface area contributed by atoms with E-state index in [1.807, 2.05) is 0 Å². The smallest absolute Gasteiger partial charge is 0.367 e. The zero-order valence-corrected chi connectivity index (χ0v) is 11.1. The van der Waals surface area contributed by atoms with Gasteiger partial charge in [0.1, 0.15) is 5.88 Å². The molecule has 0 aliphatic rings. The van der Waals surface area contributed by atoms with Crippen LogP contribution in [-0.2, 0) is 9.53 Å². The molecule has 0 aliphatic carbocycles. The zero-order chi connectivity index (χ0) is 14.6. The highest BCUT2D eigenvalue weighted by molar-refractivity contribution is 6.29. The number of aryl methyl sites for hydroxylation is 1.